The maximum Gasteiger partial charge on any atom is 0.322 e. The van der Waals surface area contributed by atoms with E-state index in [0.29, 0.717) is 0 Å². The molecule has 1 heterocycles. The highest BCUT2D eigenvalue weighted by Crippen LogP contribution is 2.22. The number of carbonyl (C=O) groups excluding carboxylic acids is 2. The molecule has 0 saturated heterocycles. The summed E-state index contributed by atoms with van der Waals surface area (Å²) < 4.78 is 4.80. The predicted octanol–water partition coefficient (Wildman–Crippen LogP) is 2.20. The topological polar surface area (TPSA) is 98.0 Å². The van der Waals surface area contributed by atoms with Gasteiger partial charge in [-0.1, -0.05) is 11.6 Å². The number of halogens is 1. The van der Waals surface area contributed by atoms with Crippen LogP contribution in [0.5, 0.6) is 0 Å². The third-order valence-corrected chi connectivity index (χ3v) is 2.62. The van der Waals surface area contributed by atoms with Crippen molar-refractivity contribution in [1.82, 2.24) is 4.98 Å². The molecule has 1 unspecified atom stereocenters. The van der Waals surface area contributed by atoms with Crippen LogP contribution >= 0.6 is 11.6 Å². The number of esters is 1. The fourth-order valence-electron chi connectivity index (χ4n) is 1.44. The van der Waals surface area contributed by atoms with Gasteiger partial charge in [0.05, 0.1) is 18.4 Å². The molecule has 1 rings (SSSR count). The van der Waals surface area contributed by atoms with E-state index in [9.17, 15) is 14.5 Å². The number of pyridine rings is 1. The zero-order valence-corrected chi connectivity index (χ0v) is 11.6. The minimum atomic E-state index is -1.24. The number of rotatable bonds is 6. The maximum atomic E-state index is 12.3. The van der Waals surface area contributed by atoms with Gasteiger partial charge in [0.15, 0.2) is 11.7 Å². The number of hydrogen-bond donors (Lipinski definition) is 0. The van der Waals surface area contributed by atoms with E-state index >= 15 is 0 Å². The third kappa shape index (κ3) is 3.67. The monoisotopic (exact) mass is 297 g/mol. The van der Waals surface area contributed by atoms with Crippen molar-refractivity contribution in [2.75, 3.05) is 13.7 Å². The van der Waals surface area contributed by atoms with E-state index < -0.39 is 17.7 Å². The van der Waals surface area contributed by atoms with Gasteiger partial charge in [-0.05, 0) is 18.2 Å². The highest BCUT2D eigenvalue weighted by molar-refractivity contribution is 6.34. The molecule has 0 aliphatic heterocycles. The van der Waals surface area contributed by atoms with Crippen LogP contribution < -0.4 is 0 Å². The Bertz CT molecular complexity index is 560. The highest BCUT2D eigenvalue weighted by Gasteiger charge is 2.29. The Balaban J connectivity index is 3.18. The van der Waals surface area contributed by atoms with Crippen molar-refractivity contribution in [3.63, 3.8) is 0 Å². The van der Waals surface area contributed by atoms with Crippen LogP contribution in [-0.2, 0) is 9.53 Å². The average Bonchev–Trinajstić information content (AvgIpc) is 2.44. The summed E-state index contributed by atoms with van der Waals surface area (Å²) in [4.78, 5) is 41.8. The molecule has 0 aromatic carbocycles. The second kappa shape index (κ2) is 7.44. The first kappa shape index (κ1) is 15.9. The summed E-state index contributed by atoms with van der Waals surface area (Å²) in [6, 6.07) is 1.17. The Morgan fingerprint density at radius 2 is 2.25 bits per heavy atom. The number of carbonyl (C=O) groups is 2. The molecule has 0 saturated carbocycles. The van der Waals surface area contributed by atoms with Crippen LogP contribution in [0.4, 0.5) is 5.69 Å². The lowest BCUT2D eigenvalue weighted by Gasteiger charge is -2.10. The molecule has 0 amide bonds. The van der Waals surface area contributed by atoms with Gasteiger partial charge in [-0.15, -0.1) is 4.91 Å². The number of nitroso groups, excluding NO2 is 1. The summed E-state index contributed by atoms with van der Waals surface area (Å²) in [5.41, 5.74) is -0.143. The summed E-state index contributed by atoms with van der Waals surface area (Å²) in [5.74, 6) is -2.64. The maximum absolute atomic E-state index is 12.3. The van der Waals surface area contributed by atoms with Gasteiger partial charge in [0.25, 0.3) is 0 Å². The molecule has 1 atom stereocenters. The Hall–Kier alpha value is -2.15. The predicted molar refractivity (Wildman–Crippen MR) is 73.6 cm³/mol. The Morgan fingerprint density at radius 3 is 2.80 bits per heavy atom. The normalized spacial score (nSPS) is 12.2. The average molecular weight is 298 g/mol. The van der Waals surface area contributed by atoms with Gasteiger partial charge in [0.2, 0.25) is 0 Å². The summed E-state index contributed by atoms with van der Waals surface area (Å²) in [6.45, 7) is 1.75. The van der Waals surface area contributed by atoms with Gasteiger partial charge < -0.3 is 4.74 Å². The lowest BCUT2D eigenvalue weighted by Crippen LogP contribution is -2.28. The first-order valence-corrected chi connectivity index (χ1v) is 6.05. The molecule has 0 radical (unpaired) electrons. The molecule has 0 fully saturated rings. The molecule has 1 aromatic heterocycles. The lowest BCUT2D eigenvalue weighted by atomic mass is 9.99. The van der Waals surface area contributed by atoms with Crippen molar-refractivity contribution in [2.45, 2.75) is 6.92 Å². The number of hydrogen-bond acceptors (Lipinski definition) is 7. The van der Waals surface area contributed by atoms with Crippen LogP contribution in [-0.4, -0.2) is 36.6 Å². The zero-order valence-electron chi connectivity index (χ0n) is 10.9. The number of ketones is 1. The summed E-state index contributed by atoms with van der Waals surface area (Å²) in [6.07, 6.45) is 2.27. The molecule has 20 heavy (non-hydrogen) atoms. The summed E-state index contributed by atoms with van der Waals surface area (Å²) in [5, 5.41) is 2.54. The lowest BCUT2D eigenvalue weighted by molar-refractivity contribution is -0.143. The number of Topliss-reactive ketones (excluding diaryl/α,β-unsaturated/α-hetero) is 1. The second-order valence-electron chi connectivity index (χ2n) is 3.62. The van der Waals surface area contributed by atoms with Gasteiger partial charge in [-0.2, -0.15) is 0 Å². The number of nitrogens with zero attached hydrogens (tertiary/aromatic N) is 3. The fourth-order valence-corrected chi connectivity index (χ4v) is 1.64. The molecule has 106 valence electrons. The summed E-state index contributed by atoms with van der Waals surface area (Å²) in [7, 11) is 1.42. The molecule has 1 aromatic rings. The van der Waals surface area contributed by atoms with Gasteiger partial charge >= 0.3 is 5.97 Å². The van der Waals surface area contributed by atoms with Gasteiger partial charge in [0, 0.05) is 13.3 Å². The quantitative estimate of drug-likeness (QED) is 0.200. The van der Waals surface area contributed by atoms with Gasteiger partial charge in [-0.3, -0.25) is 14.6 Å². The Labute approximate surface area is 120 Å². The fraction of sp³-hybridized carbons (Fsp3) is 0.333. The van der Waals surface area contributed by atoms with Crippen LogP contribution in [0.2, 0.25) is 5.15 Å². The minimum Gasteiger partial charge on any atom is -0.465 e. The number of ether oxygens (including phenoxy) is 1. The van der Waals surface area contributed by atoms with Gasteiger partial charge in [-0.25, -0.2) is 4.98 Å². The molecule has 0 spiro atoms. The van der Waals surface area contributed by atoms with Crippen LogP contribution in [0.3, 0.4) is 0 Å². The Morgan fingerprint density at radius 1 is 1.55 bits per heavy atom. The van der Waals surface area contributed by atoms with E-state index in [-0.39, 0.29) is 23.0 Å². The largest absolute Gasteiger partial charge is 0.465 e. The van der Waals surface area contributed by atoms with Crippen LogP contribution in [0.15, 0.2) is 22.4 Å². The molecular formula is C12H12ClN3O4. The first-order valence-electron chi connectivity index (χ1n) is 5.67. The molecular weight excluding hydrogens is 286 g/mol. The molecule has 0 aliphatic rings. The van der Waals surface area contributed by atoms with Crippen molar-refractivity contribution in [1.29, 1.82) is 0 Å². The van der Waals surface area contributed by atoms with E-state index in [2.05, 4.69) is 15.2 Å². The standard InChI is InChI=1S/C12H12ClN3O4/c1-3-20-12(18)9(6-14-2)10(17)8-4-7(16-19)5-15-11(8)13/h4-6,9H,3H2,1-2H3. The van der Waals surface area contributed by atoms with Crippen LogP contribution in [0.1, 0.15) is 17.3 Å². The Kier molecular flexibility index (Phi) is 5.92. The zero-order chi connectivity index (χ0) is 15.1. The van der Waals surface area contributed by atoms with E-state index in [0.717, 1.165) is 12.4 Å². The van der Waals surface area contributed by atoms with Gasteiger partial charge in [0.1, 0.15) is 10.8 Å². The van der Waals surface area contributed by atoms with Crippen molar-refractivity contribution in [2.24, 2.45) is 16.1 Å². The van der Waals surface area contributed by atoms with Crippen molar-refractivity contribution in [3.8, 4) is 0 Å². The first-order chi connectivity index (χ1) is 9.54. The van der Waals surface area contributed by atoms with Crippen LogP contribution in [0, 0.1) is 10.8 Å². The van der Waals surface area contributed by atoms with Crippen LogP contribution in [0.25, 0.3) is 0 Å². The SMILES string of the molecule is CCOC(=O)C(C=NC)C(=O)c1cc(N=O)cnc1Cl. The third-order valence-electron chi connectivity index (χ3n) is 2.32. The number of aromatic nitrogens is 1. The van der Waals surface area contributed by atoms with E-state index in [4.69, 9.17) is 16.3 Å². The van der Waals surface area contributed by atoms with Crippen molar-refractivity contribution in [3.05, 3.63) is 27.9 Å². The van der Waals surface area contributed by atoms with E-state index in [1.165, 1.54) is 13.1 Å². The van der Waals surface area contributed by atoms with E-state index in [1.54, 1.807) is 6.92 Å². The molecule has 0 aliphatic carbocycles. The second-order valence-corrected chi connectivity index (χ2v) is 3.98. The molecule has 0 bridgehead atoms. The molecule has 7 nitrogen and oxygen atoms in total. The highest BCUT2D eigenvalue weighted by atomic mass is 35.5. The van der Waals surface area contributed by atoms with Crippen molar-refractivity contribution < 1.29 is 14.3 Å². The smallest absolute Gasteiger partial charge is 0.322 e. The van der Waals surface area contributed by atoms with E-state index in [1.807, 2.05) is 0 Å². The molecule has 8 heteroatoms. The summed E-state index contributed by atoms with van der Waals surface area (Å²) >= 11 is 5.80. The van der Waals surface area contributed by atoms with Crippen molar-refractivity contribution >= 4 is 35.3 Å². The molecule has 0 N–H and O–H groups in total. The minimum absolute atomic E-state index is 0.0613. The number of aliphatic imine (C=N–C) groups is 1.